The Kier molecular flexibility index (Phi) is 9.52. The van der Waals surface area contributed by atoms with Gasteiger partial charge in [-0.1, -0.05) is 66.0 Å². The molecule has 29 heavy (non-hydrogen) atoms. The van der Waals surface area contributed by atoms with Crippen molar-refractivity contribution in [3.05, 3.63) is 12.2 Å². The summed E-state index contributed by atoms with van der Waals surface area (Å²) in [6.07, 6.45) is 22.7. The average Bonchev–Trinajstić information content (AvgIpc) is 3.02. The Morgan fingerprint density at radius 3 is 2.59 bits per heavy atom. The van der Waals surface area contributed by atoms with Gasteiger partial charge in [0.15, 0.2) is 0 Å². The lowest BCUT2D eigenvalue weighted by Gasteiger charge is -2.45. The van der Waals surface area contributed by atoms with Gasteiger partial charge in [-0.25, -0.2) is 0 Å². The SMILES string of the molecule is C#CCC(C/C=C\CC)C[C@@H]1CC[C@@]2(C)C(CC[C@@H]2[C@H](C)CCCC(C)C)C1=O. The van der Waals surface area contributed by atoms with Gasteiger partial charge in [0.05, 0.1) is 0 Å². The molecule has 2 fully saturated rings. The Morgan fingerprint density at radius 2 is 1.93 bits per heavy atom. The highest BCUT2D eigenvalue weighted by molar-refractivity contribution is 5.85. The molecule has 1 heteroatoms. The Labute approximate surface area is 181 Å². The van der Waals surface area contributed by atoms with Crippen LogP contribution in [0.4, 0.5) is 0 Å². The summed E-state index contributed by atoms with van der Waals surface area (Å²) in [5, 5.41) is 0. The van der Waals surface area contributed by atoms with Gasteiger partial charge in [0.25, 0.3) is 0 Å². The van der Waals surface area contributed by atoms with Gasteiger partial charge in [0.1, 0.15) is 5.78 Å². The molecule has 0 radical (unpaired) electrons. The molecule has 0 heterocycles. The fourth-order valence-corrected chi connectivity index (χ4v) is 6.51. The van der Waals surface area contributed by atoms with Crippen LogP contribution in [0.25, 0.3) is 0 Å². The predicted octanol–water partition coefficient (Wildman–Crippen LogP) is 7.85. The number of Topliss-reactive ketones (excluding diaryl/α,β-unsaturated/α-hetero) is 1. The minimum atomic E-state index is 0.245. The third-order valence-electron chi connectivity index (χ3n) is 8.21. The van der Waals surface area contributed by atoms with E-state index in [2.05, 4.69) is 52.7 Å². The van der Waals surface area contributed by atoms with E-state index in [0.29, 0.717) is 17.6 Å². The number of carbonyl (C=O) groups is 1. The van der Waals surface area contributed by atoms with Crippen LogP contribution < -0.4 is 0 Å². The number of terminal acetylenes is 1. The number of hydrogen-bond acceptors (Lipinski definition) is 1. The third kappa shape index (κ3) is 6.23. The second-order valence-corrected chi connectivity index (χ2v) is 10.8. The van der Waals surface area contributed by atoms with Crippen LogP contribution in [0.5, 0.6) is 0 Å². The zero-order chi connectivity index (χ0) is 21.4. The first-order valence-electron chi connectivity index (χ1n) is 12.5. The van der Waals surface area contributed by atoms with Gasteiger partial charge in [-0.3, -0.25) is 4.79 Å². The average molecular weight is 399 g/mol. The van der Waals surface area contributed by atoms with Gasteiger partial charge in [-0.05, 0) is 74.0 Å². The smallest absolute Gasteiger partial charge is 0.139 e. The molecular formula is C28H46O. The van der Waals surface area contributed by atoms with Crippen molar-refractivity contribution in [1.29, 1.82) is 0 Å². The number of allylic oxidation sites excluding steroid dienone is 2. The van der Waals surface area contributed by atoms with Crippen LogP contribution in [0.3, 0.4) is 0 Å². The molecule has 0 aliphatic heterocycles. The molecule has 2 aliphatic carbocycles. The van der Waals surface area contributed by atoms with E-state index in [1.807, 2.05) is 0 Å². The number of ketones is 1. The van der Waals surface area contributed by atoms with E-state index in [0.717, 1.165) is 56.3 Å². The van der Waals surface area contributed by atoms with Crippen LogP contribution >= 0.6 is 0 Å². The van der Waals surface area contributed by atoms with Crippen molar-refractivity contribution in [2.75, 3.05) is 0 Å². The summed E-state index contributed by atoms with van der Waals surface area (Å²) < 4.78 is 0. The summed E-state index contributed by atoms with van der Waals surface area (Å²) in [5.74, 6) is 6.74. The first-order chi connectivity index (χ1) is 13.8. The zero-order valence-corrected chi connectivity index (χ0v) is 19.9. The number of rotatable bonds is 11. The Balaban J connectivity index is 1.98. The molecule has 2 aliphatic rings. The maximum Gasteiger partial charge on any atom is 0.139 e. The van der Waals surface area contributed by atoms with E-state index in [1.54, 1.807) is 0 Å². The molecule has 2 saturated carbocycles. The Hall–Kier alpha value is -1.03. The van der Waals surface area contributed by atoms with Crippen LogP contribution in [-0.2, 0) is 4.79 Å². The van der Waals surface area contributed by atoms with Gasteiger partial charge in [-0.2, -0.15) is 0 Å². The molecule has 0 N–H and O–H groups in total. The Bertz CT molecular complexity index is 580. The summed E-state index contributed by atoms with van der Waals surface area (Å²) >= 11 is 0. The summed E-state index contributed by atoms with van der Waals surface area (Å²) in [6.45, 7) is 11.7. The quantitative estimate of drug-likeness (QED) is 0.256. The molecule has 6 atom stereocenters. The molecule has 0 amide bonds. The molecule has 0 bridgehead atoms. The lowest BCUT2D eigenvalue weighted by atomic mass is 9.58. The van der Waals surface area contributed by atoms with Crippen molar-refractivity contribution in [3.8, 4) is 12.3 Å². The lowest BCUT2D eigenvalue weighted by Crippen LogP contribution is -2.43. The molecule has 0 aromatic rings. The minimum Gasteiger partial charge on any atom is -0.299 e. The van der Waals surface area contributed by atoms with Crippen molar-refractivity contribution in [2.24, 2.45) is 40.9 Å². The van der Waals surface area contributed by atoms with E-state index >= 15 is 0 Å². The van der Waals surface area contributed by atoms with Crippen LogP contribution in [0.1, 0.15) is 105 Å². The molecule has 0 spiro atoms. The van der Waals surface area contributed by atoms with Crippen molar-refractivity contribution in [3.63, 3.8) is 0 Å². The van der Waals surface area contributed by atoms with Gasteiger partial charge in [0.2, 0.25) is 0 Å². The topological polar surface area (TPSA) is 17.1 Å². The fourth-order valence-electron chi connectivity index (χ4n) is 6.51. The highest BCUT2D eigenvalue weighted by Crippen LogP contribution is 2.58. The Morgan fingerprint density at radius 1 is 1.17 bits per heavy atom. The molecule has 0 saturated heterocycles. The van der Waals surface area contributed by atoms with Gasteiger partial charge < -0.3 is 0 Å². The van der Waals surface area contributed by atoms with Crippen molar-refractivity contribution < 1.29 is 4.79 Å². The fraction of sp³-hybridized carbons (Fsp3) is 0.821. The van der Waals surface area contributed by atoms with E-state index < -0.39 is 0 Å². The van der Waals surface area contributed by atoms with Crippen molar-refractivity contribution in [2.45, 2.75) is 105 Å². The number of hydrogen-bond donors (Lipinski definition) is 0. The monoisotopic (exact) mass is 398 g/mol. The maximum absolute atomic E-state index is 13.5. The van der Waals surface area contributed by atoms with Gasteiger partial charge >= 0.3 is 0 Å². The summed E-state index contributed by atoms with van der Waals surface area (Å²) in [4.78, 5) is 13.5. The molecule has 2 rings (SSSR count). The largest absolute Gasteiger partial charge is 0.299 e. The lowest BCUT2D eigenvalue weighted by molar-refractivity contribution is -0.136. The maximum atomic E-state index is 13.5. The summed E-state index contributed by atoms with van der Waals surface area (Å²) in [5.41, 5.74) is 0.245. The van der Waals surface area contributed by atoms with Crippen LogP contribution in [0.15, 0.2) is 12.2 Å². The van der Waals surface area contributed by atoms with Crippen molar-refractivity contribution in [1.82, 2.24) is 0 Å². The highest BCUT2D eigenvalue weighted by atomic mass is 16.1. The second kappa shape index (κ2) is 11.4. The molecule has 2 unspecified atom stereocenters. The molecule has 1 nitrogen and oxygen atoms in total. The normalized spacial score (nSPS) is 31.8. The highest BCUT2D eigenvalue weighted by Gasteiger charge is 2.54. The van der Waals surface area contributed by atoms with Crippen LogP contribution in [0, 0.1) is 53.3 Å². The number of fused-ring (bicyclic) bond motifs is 1. The first kappa shape index (κ1) is 24.2. The number of carbonyl (C=O) groups excluding carboxylic acids is 1. The molecule has 0 aromatic carbocycles. The summed E-state index contributed by atoms with van der Waals surface area (Å²) in [7, 11) is 0. The van der Waals surface area contributed by atoms with Gasteiger partial charge in [-0.15, -0.1) is 12.3 Å². The molecular weight excluding hydrogens is 352 g/mol. The van der Waals surface area contributed by atoms with E-state index in [-0.39, 0.29) is 11.3 Å². The molecule has 164 valence electrons. The summed E-state index contributed by atoms with van der Waals surface area (Å²) in [6, 6.07) is 0. The zero-order valence-electron chi connectivity index (χ0n) is 19.9. The van der Waals surface area contributed by atoms with Gasteiger partial charge in [0, 0.05) is 18.3 Å². The van der Waals surface area contributed by atoms with E-state index in [4.69, 9.17) is 6.42 Å². The standard InChI is InChI=1S/C28H46O/c1-7-9-10-15-23(12-8-2)20-24-18-19-28(6)25(16-17-26(28)27(24)29)22(5)14-11-13-21(3)4/h2,9-10,21-26H,7,11-20H2,1,3-6H3/b10-9-/t22-,23?,24+,25-,26?,28-/m1/s1. The first-order valence-corrected chi connectivity index (χ1v) is 12.5. The predicted molar refractivity (Wildman–Crippen MR) is 126 cm³/mol. The van der Waals surface area contributed by atoms with Crippen LogP contribution in [-0.4, -0.2) is 5.78 Å². The molecule has 0 aromatic heterocycles. The van der Waals surface area contributed by atoms with E-state index in [1.165, 1.54) is 32.1 Å². The minimum absolute atomic E-state index is 0.245. The third-order valence-corrected chi connectivity index (χ3v) is 8.21. The van der Waals surface area contributed by atoms with E-state index in [9.17, 15) is 4.79 Å². The van der Waals surface area contributed by atoms with Crippen LogP contribution in [0.2, 0.25) is 0 Å². The second-order valence-electron chi connectivity index (χ2n) is 10.8. The van der Waals surface area contributed by atoms with Crippen molar-refractivity contribution >= 4 is 5.78 Å².